The molecule has 2 aromatic rings. The highest BCUT2D eigenvalue weighted by Gasteiger charge is 2.25. The largest absolute Gasteiger partial charge is 0.472 e. The van der Waals surface area contributed by atoms with Crippen LogP contribution in [0.15, 0.2) is 12.1 Å². The van der Waals surface area contributed by atoms with Crippen LogP contribution >= 0.6 is 0 Å². The average molecular weight is 398 g/mol. The highest BCUT2D eigenvalue weighted by atomic mass is 16.5. The topological polar surface area (TPSA) is 63.2 Å². The Kier molecular flexibility index (Phi) is 6.93. The van der Waals surface area contributed by atoms with Crippen LogP contribution < -0.4 is 15.0 Å². The summed E-state index contributed by atoms with van der Waals surface area (Å²) in [7, 11) is 1.87. The SMILES string of the molecule is CCc1nc(OC(CC)CC)c(NC)nc1-c1ccc(C(C)C)nc1N1CCC1. The Hall–Kier alpha value is -2.37. The number of nitrogens with one attached hydrogen (secondary N) is 1. The van der Waals surface area contributed by atoms with Crippen LogP contribution in [0.25, 0.3) is 11.3 Å². The van der Waals surface area contributed by atoms with E-state index in [4.69, 9.17) is 19.7 Å². The fourth-order valence-electron chi connectivity index (χ4n) is 3.51. The number of ether oxygens (including phenoxy) is 1. The van der Waals surface area contributed by atoms with Crippen LogP contribution in [0.1, 0.15) is 71.2 Å². The van der Waals surface area contributed by atoms with Crippen molar-refractivity contribution in [2.75, 3.05) is 30.4 Å². The molecule has 0 spiro atoms. The van der Waals surface area contributed by atoms with Gasteiger partial charge in [0.05, 0.1) is 11.4 Å². The van der Waals surface area contributed by atoms with Gasteiger partial charge in [0, 0.05) is 31.4 Å². The predicted molar refractivity (Wildman–Crippen MR) is 120 cm³/mol. The van der Waals surface area contributed by atoms with E-state index >= 15 is 0 Å². The van der Waals surface area contributed by atoms with Gasteiger partial charge in [-0.1, -0.05) is 34.6 Å². The average Bonchev–Trinajstić information content (AvgIpc) is 2.70. The summed E-state index contributed by atoms with van der Waals surface area (Å²) in [6, 6.07) is 4.29. The first kappa shape index (κ1) is 21.3. The van der Waals surface area contributed by atoms with Gasteiger partial charge in [-0.3, -0.25) is 0 Å². The lowest BCUT2D eigenvalue weighted by atomic mass is 10.0. The van der Waals surface area contributed by atoms with Gasteiger partial charge in [-0.2, -0.15) is 0 Å². The van der Waals surface area contributed by atoms with Crippen molar-refractivity contribution in [2.24, 2.45) is 0 Å². The van der Waals surface area contributed by atoms with Crippen LogP contribution in [0.4, 0.5) is 11.6 Å². The van der Waals surface area contributed by atoms with Gasteiger partial charge in [0.25, 0.3) is 5.88 Å². The summed E-state index contributed by atoms with van der Waals surface area (Å²) in [6.07, 6.45) is 4.05. The molecule has 0 unspecified atom stereocenters. The van der Waals surface area contributed by atoms with Gasteiger partial charge in [0.15, 0.2) is 5.82 Å². The summed E-state index contributed by atoms with van der Waals surface area (Å²) in [5.41, 5.74) is 4.03. The number of anilines is 2. The maximum atomic E-state index is 6.17. The molecule has 0 atom stereocenters. The third-order valence-electron chi connectivity index (χ3n) is 5.60. The van der Waals surface area contributed by atoms with Crippen LogP contribution in [0.5, 0.6) is 5.88 Å². The van der Waals surface area contributed by atoms with Gasteiger partial charge in [0.1, 0.15) is 11.9 Å². The fraction of sp³-hybridized carbons (Fsp3) is 0.609. The van der Waals surface area contributed by atoms with E-state index in [1.54, 1.807) is 0 Å². The van der Waals surface area contributed by atoms with Crippen molar-refractivity contribution in [1.82, 2.24) is 15.0 Å². The lowest BCUT2D eigenvalue weighted by Crippen LogP contribution is -2.38. The molecule has 1 saturated heterocycles. The highest BCUT2D eigenvalue weighted by Crippen LogP contribution is 2.36. The molecule has 0 aliphatic carbocycles. The van der Waals surface area contributed by atoms with Crippen LogP contribution in [0, 0.1) is 0 Å². The summed E-state index contributed by atoms with van der Waals surface area (Å²) >= 11 is 0. The van der Waals surface area contributed by atoms with E-state index in [-0.39, 0.29) is 6.10 Å². The monoisotopic (exact) mass is 397 g/mol. The molecule has 0 saturated carbocycles. The third kappa shape index (κ3) is 4.46. The minimum absolute atomic E-state index is 0.149. The number of hydrogen-bond donors (Lipinski definition) is 1. The Bertz CT molecular complexity index is 828. The molecule has 3 rings (SSSR count). The van der Waals surface area contributed by atoms with E-state index in [1.165, 1.54) is 6.42 Å². The molecule has 6 nitrogen and oxygen atoms in total. The van der Waals surface area contributed by atoms with Crippen LogP contribution in [-0.2, 0) is 6.42 Å². The van der Waals surface area contributed by atoms with Crippen molar-refractivity contribution in [3.63, 3.8) is 0 Å². The van der Waals surface area contributed by atoms with Crippen LogP contribution in [-0.4, -0.2) is 41.2 Å². The van der Waals surface area contributed by atoms with Crippen molar-refractivity contribution >= 4 is 11.6 Å². The first-order valence-corrected chi connectivity index (χ1v) is 11.0. The molecular formula is C23H35N5O. The molecule has 1 N–H and O–H groups in total. The summed E-state index contributed by atoms with van der Waals surface area (Å²) in [6.45, 7) is 12.8. The first-order valence-electron chi connectivity index (χ1n) is 11.0. The molecule has 1 fully saturated rings. The van der Waals surface area contributed by atoms with Crippen molar-refractivity contribution in [3.05, 3.63) is 23.5 Å². The molecule has 1 aliphatic heterocycles. The molecule has 1 aliphatic rings. The van der Waals surface area contributed by atoms with E-state index < -0.39 is 0 Å². The zero-order valence-electron chi connectivity index (χ0n) is 18.7. The number of aromatic nitrogens is 3. The van der Waals surface area contributed by atoms with Crippen molar-refractivity contribution < 1.29 is 4.74 Å². The summed E-state index contributed by atoms with van der Waals surface area (Å²) < 4.78 is 6.17. The Morgan fingerprint density at radius 1 is 1.07 bits per heavy atom. The van der Waals surface area contributed by atoms with Gasteiger partial charge in [-0.05, 0) is 43.7 Å². The second-order valence-corrected chi connectivity index (χ2v) is 7.94. The standard InChI is InChI=1S/C23H35N5O/c1-7-16(8-2)29-23-21(24-6)27-20(18(9-3)26-23)17-11-12-19(15(4)5)25-22(17)28-13-10-14-28/h11-12,15-16H,7-10,13-14H2,1-6H3,(H,24,27). The molecule has 0 aromatic carbocycles. The van der Waals surface area contributed by atoms with E-state index in [1.807, 2.05) is 7.05 Å². The number of pyridine rings is 1. The van der Waals surface area contributed by atoms with Gasteiger partial charge in [-0.15, -0.1) is 0 Å². The number of rotatable bonds is 9. The Labute approximate surface area is 175 Å². The van der Waals surface area contributed by atoms with Gasteiger partial charge < -0.3 is 15.0 Å². The lowest BCUT2D eigenvalue weighted by molar-refractivity contribution is 0.185. The zero-order valence-corrected chi connectivity index (χ0v) is 18.7. The number of hydrogen-bond acceptors (Lipinski definition) is 6. The maximum absolute atomic E-state index is 6.17. The number of aryl methyl sites for hydroxylation is 1. The van der Waals surface area contributed by atoms with E-state index in [9.17, 15) is 0 Å². The van der Waals surface area contributed by atoms with Gasteiger partial charge in [-0.25, -0.2) is 15.0 Å². The molecule has 3 heterocycles. The molecule has 0 bridgehead atoms. The third-order valence-corrected chi connectivity index (χ3v) is 5.60. The molecular weight excluding hydrogens is 362 g/mol. The summed E-state index contributed by atoms with van der Waals surface area (Å²) in [4.78, 5) is 17.2. The van der Waals surface area contributed by atoms with Crippen LogP contribution in [0.3, 0.4) is 0 Å². The molecule has 2 aromatic heterocycles. The minimum Gasteiger partial charge on any atom is -0.472 e. The Balaban J connectivity index is 2.10. The Morgan fingerprint density at radius 2 is 1.79 bits per heavy atom. The first-order chi connectivity index (χ1) is 14.0. The summed E-state index contributed by atoms with van der Waals surface area (Å²) in [5, 5.41) is 3.18. The predicted octanol–water partition coefficient (Wildman–Crippen LogP) is 5.04. The molecule has 6 heteroatoms. The fourth-order valence-corrected chi connectivity index (χ4v) is 3.51. The van der Waals surface area contributed by atoms with Gasteiger partial charge in [0.2, 0.25) is 0 Å². The second kappa shape index (κ2) is 9.42. The van der Waals surface area contributed by atoms with Crippen molar-refractivity contribution in [3.8, 4) is 17.1 Å². The number of nitrogens with zero attached hydrogens (tertiary/aromatic N) is 4. The molecule has 29 heavy (non-hydrogen) atoms. The molecule has 0 radical (unpaired) electrons. The van der Waals surface area contributed by atoms with Crippen molar-refractivity contribution in [1.29, 1.82) is 0 Å². The smallest absolute Gasteiger partial charge is 0.257 e. The minimum atomic E-state index is 0.149. The van der Waals surface area contributed by atoms with E-state index in [2.05, 4.69) is 57.0 Å². The van der Waals surface area contributed by atoms with E-state index in [0.717, 1.165) is 60.8 Å². The molecule has 158 valence electrons. The Morgan fingerprint density at radius 3 is 2.31 bits per heavy atom. The normalized spacial score (nSPS) is 13.7. The van der Waals surface area contributed by atoms with E-state index in [0.29, 0.717) is 17.6 Å². The summed E-state index contributed by atoms with van der Waals surface area (Å²) in [5.74, 6) is 2.71. The van der Waals surface area contributed by atoms with Crippen molar-refractivity contribution in [2.45, 2.75) is 72.3 Å². The highest BCUT2D eigenvalue weighted by molar-refractivity contribution is 5.77. The van der Waals surface area contributed by atoms with Crippen LogP contribution in [0.2, 0.25) is 0 Å². The second-order valence-electron chi connectivity index (χ2n) is 7.94. The quantitative estimate of drug-likeness (QED) is 0.639. The lowest BCUT2D eigenvalue weighted by Gasteiger charge is -2.34. The zero-order chi connectivity index (χ0) is 21.0. The van der Waals surface area contributed by atoms with Gasteiger partial charge >= 0.3 is 0 Å². The molecule has 0 amide bonds. The maximum Gasteiger partial charge on any atom is 0.257 e.